The van der Waals surface area contributed by atoms with Crippen LogP contribution in [0, 0.1) is 17.0 Å². The van der Waals surface area contributed by atoms with Gasteiger partial charge in [-0.05, 0) is 12.5 Å². The van der Waals surface area contributed by atoms with Gasteiger partial charge in [0, 0.05) is 31.8 Å². The van der Waals surface area contributed by atoms with Crippen LogP contribution in [-0.2, 0) is 14.8 Å². The van der Waals surface area contributed by atoms with Crippen molar-refractivity contribution in [3.63, 3.8) is 0 Å². The van der Waals surface area contributed by atoms with E-state index in [1.807, 2.05) is 0 Å². The molecule has 1 aliphatic rings. The number of morpholine rings is 1. The van der Waals surface area contributed by atoms with Gasteiger partial charge in [-0.1, -0.05) is 6.07 Å². The summed E-state index contributed by atoms with van der Waals surface area (Å²) in [6.45, 7) is 3.56. The van der Waals surface area contributed by atoms with Crippen LogP contribution >= 0.6 is 0 Å². The summed E-state index contributed by atoms with van der Waals surface area (Å²) < 4.78 is 32.4. The number of rotatable bonds is 5. The van der Waals surface area contributed by atoms with E-state index in [-0.39, 0.29) is 23.2 Å². The van der Waals surface area contributed by atoms with E-state index in [1.54, 1.807) is 6.92 Å². The Labute approximate surface area is 122 Å². The van der Waals surface area contributed by atoms with Crippen LogP contribution in [0.15, 0.2) is 23.1 Å². The molecule has 2 N–H and O–H groups in total. The average Bonchev–Trinajstić information content (AvgIpc) is 2.46. The topological polar surface area (TPSA) is 111 Å². The van der Waals surface area contributed by atoms with Gasteiger partial charge in [0.15, 0.2) is 0 Å². The molecule has 0 radical (unpaired) electrons. The zero-order valence-corrected chi connectivity index (χ0v) is 12.4. The molecule has 1 fully saturated rings. The summed E-state index contributed by atoms with van der Waals surface area (Å²) in [6, 6.07) is 3.77. The molecule has 1 aliphatic heterocycles. The smallest absolute Gasteiger partial charge is 0.270 e. The van der Waals surface area contributed by atoms with Crippen molar-refractivity contribution in [1.29, 1.82) is 0 Å². The number of sulfonamides is 1. The first-order valence-electron chi connectivity index (χ1n) is 6.47. The molecular formula is C12H17N3O5S. The lowest BCUT2D eigenvalue weighted by atomic mass is 10.2. The Bertz CT molecular complexity index is 626. The van der Waals surface area contributed by atoms with Gasteiger partial charge in [0.25, 0.3) is 5.69 Å². The van der Waals surface area contributed by atoms with Crippen molar-refractivity contribution in [2.45, 2.75) is 17.9 Å². The third-order valence-corrected chi connectivity index (χ3v) is 4.74. The Morgan fingerprint density at radius 3 is 2.90 bits per heavy atom. The minimum atomic E-state index is -3.81. The number of hydrogen-bond donors (Lipinski definition) is 2. The summed E-state index contributed by atoms with van der Waals surface area (Å²) in [5.41, 5.74) is 0.201. The summed E-state index contributed by atoms with van der Waals surface area (Å²) in [5.74, 6) is 0. The van der Waals surface area contributed by atoms with Crippen LogP contribution in [0.1, 0.15) is 5.56 Å². The Kier molecular flexibility index (Phi) is 4.88. The number of benzene rings is 1. The largest absolute Gasteiger partial charge is 0.374 e. The highest BCUT2D eigenvalue weighted by Gasteiger charge is 2.22. The summed E-state index contributed by atoms with van der Waals surface area (Å²) in [5, 5.41) is 13.9. The number of nitro benzene ring substituents is 1. The van der Waals surface area contributed by atoms with Gasteiger partial charge in [-0.25, -0.2) is 13.1 Å². The van der Waals surface area contributed by atoms with E-state index in [2.05, 4.69) is 10.0 Å². The molecule has 1 aromatic rings. The second-order valence-corrected chi connectivity index (χ2v) is 6.49. The fraction of sp³-hybridized carbons (Fsp3) is 0.500. The molecule has 1 atom stereocenters. The number of aryl methyl sites for hydroxylation is 1. The maximum absolute atomic E-state index is 12.3. The monoisotopic (exact) mass is 315 g/mol. The quantitative estimate of drug-likeness (QED) is 0.592. The molecule has 0 aliphatic carbocycles. The van der Waals surface area contributed by atoms with Gasteiger partial charge in [-0.15, -0.1) is 0 Å². The fourth-order valence-corrected chi connectivity index (χ4v) is 3.35. The van der Waals surface area contributed by atoms with Crippen molar-refractivity contribution in [3.8, 4) is 0 Å². The number of nitro groups is 1. The second-order valence-electron chi connectivity index (χ2n) is 4.76. The molecular weight excluding hydrogens is 298 g/mol. The van der Waals surface area contributed by atoms with Gasteiger partial charge in [0.1, 0.15) is 0 Å². The van der Waals surface area contributed by atoms with E-state index in [0.717, 1.165) is 12.6 Å². The molecule has 116 valence electrons. The standard InChI is InChI=1S/C12H17N3O5S/c1-9-2-3-10(15(16)17)6-12(9)21(18,19)14-8-11-7-13-4-5-20-11/h2-3,6,11,13-14H,4-5,7-8H2,1H3. The molecule has 8 nitrogen and oxygen atoms in total. The minimum absolute atomic E-state index is 0.0829. The Morgan fingerprint density at radius 2 is 2.29 bits per heavy atom. The van der Waals surface area contributed by atoms with Crippen molar-refractivity contribution in [1.82, 2.24) is 10.0 Å². The van der Waals surface area contributed by atoms with Gasteiger partial charge in [-0.2, -0.15) is 0 Å². The number of nitrogens with zero attached hydrogens (tertiary/aromatic N) is 1. The van der Waals surface area contributed by atoms with Gasteiger partial charge in [0.2, 0.25) is 10.0 Å². The van der Waals surface area contributed by atoms with Gasteiger partial charge >= 0.3 is 0 Å². The lowest BCUT2D eigenvalue weighted by Crippen LogP contribution is -2.45. The molecule has 0 saturated carbocycles. The van der Waals surface area contributed by atoms with Crippen LogP contribution in [0.25, 0.3) is 0 Å². The average molecular weight is 315 g/mol. The minimum Gasteiger partial charge on any atom is -0.374 e. The van der Waals surface area contributed by atoms with Crippen molar-refractivity contribution >= 4 is 15.7 Å². The van der Waals surface area contributed by atoms with Crippen LogP contribution < -0.4 is 10.0 Å². The van der Waals surface area contributed by atoms with Crippen molar-refractivity contribution in [2.24, 2.45) is 0 Å². The Morgan fingerprint density at radius 1 is 1.52 bits per heavy atom. The molecule has 0 bridgehead atoms. The summed E-state index contributed by atoms with van der Waals surface area (Å²) in [7, 11) is -3.81. The number of nitrogens with one attached hydrogen (secondary N) is 2. The normalized spacial score (nSPS) is 19.4. The SMILES string of the molecule is Cc1ccc([N+](=O)[O-])cc1S(=O)(=O)NCC1CNCCO1. The van der Waals surface area contributed by atoms with Gasteiger partial charge < -0.3 is 10.1 Å². The van der Waals surface area contributed by atoms with E-state index in [9.17, 15) is 18.5 Å². The van der Waals surface area contributed by atoms with Crippen molar-refractivity contribution in [2.75, 3.05) is 26.2 Å². The zero-order chi connectivity index (χ0) is 15.5. The second kappa shape index (κ2) is 6.48. The maximum atomic E-state index is 12.3. The van der Waals surface area contributed by atoms with Gasteiger partial charge in [-0.3, -0.25) is 10.1 Å². The summed E-state index contributed by atoms with van der Waals surface area (Å²) in [4.78, 5) is 10.1. The molecule has 1 aromatic carbocycles. The highest BCUT2D eigenvalue weighted by molar-refractivity contribution is 7.89. The predicted octanol–water partition coefficient (Wildman–Crippen LogP) is 0.170. The lowest BCUT2D eigenvalue weighted by Gasteiger charge is -2.23. The first-order valence-corrected chi connectivity index (χ1v) is 7.95. The van der Waals surface area contributed by atoms with E-state index < -0.39 is 14.9 Å². The highest BCUT2D eigenvalue weighted by atomic mass is 32.2. The van der Waals surface area contributed by atoms with Crippen LogP contribution in [-0.4, -0.2) is 45.7 Å². The Balaban J connectivity index is 2.14. The van der Waals surface area contributed by atoms with E-state index in [1.165, 1.54) is 12.1 Å². The molecule has 0 amide bonds. The van der Waals surface area contributed by atoms with Crippen molar-refractivity contribution < 1.29 is 18.1 Å². The molecule has 1 saturated heterocycles. The number of ether oxygens (including phenoxy) is 1. The molecule has 9 heteroatoms. The van der Waals surface area contributed by atoms with Crippen LogP contribution in [0.5, 0.6) is 0 Å². The molecule has 21 heavy (non-hydrogen) atoms. The van der Waals surface area contributed by atoms with Crippen LogP contribution in [0.3, 0.4) is 0 Å². The highest BCUT2D eigenvalue weighted by Crippen LogP contribution is 2.21. The zero-order valence-electron chi connectivity index (χ0n) is 11.5. The predicted molar refractivity (Wildman–Crippen MR) is 75.6 cm³/mol. The third kappa shape index (κ3) is 3.97. The molecule has 1 heterocycles. The summed E-state index contributed by atoms with van der Waals surface area (Å²) >= 11 is 0. The van der Waals surface area contributed by atoms with E-state index in [0.29, 0.717) is 18.7 Å². The first kappa shape index (κ1) is 15.8. The van der Waals surface area contributed by atoms with E-state index in [4.69, 9.17) is 4.74 Å². The molecule has 2 rings (SSSR count). The van der Waals surface area contributed by atoms with Crippen LogP contribution in [0.2, 0.25) is 0 Å². The van der Waals surface area contributed by atoms with E-state index >= 15 is 0 Å². The number of hydrogen-bond acceptors (Lipinski definition) is 6. The molecule has 0 aromatic heterocycles. The van der Waals surface area contributed by atoms with Crippen molar-refractivity contribution in [3.05, 3.63) is 33.9 Å². The molecule has 1 unspecified atom stereocenters. The summed E-state index contributed by atoms with van der Waals surface area (Å²) in [6.07, 6.45) is -0.243. The lowest BCUT2D eigenvalue weighted by molar-refractivity contribution is -0.385. The maximum Gasteiger partial charge on any atom is 0.270 e. The number of non-ortho nitro benzene ring substituents is 1. The Hall–Kier alpha value is -1.55. The first-order chi connectivity index (χ1) is 9.90. The van der Waals surface area contributed by atoms with Gasteiger partial charge in [0.05, 0.1) is 22.5 Å². The third-order valence-electron chi connectivity index (χ3n) is 3.18. The molecule has 0 spiro atoms. The fourth-order valence-electron chi connectivity index (χ4n) is 2.02. The van der Waals surface area contributed by atoms with Crippen LogP contribution in [0.4, 0.5) is 5.69 Å².